The molecular weight excluding hydrogens is 238 g/mol. The van der Waals surface area contributed by atoms with Crippen LogP contribution in [0.25, 0.3) is 0 Å². The monoisotopic (exact) mass is 253 g/mol. The predicted octanol–water partition coefficient (Wildman–Crippen LogP) is 2.93. The Morgan fingerprint density at radius 1 is 1.47 bits per heavy atom. The van der Waals surface area contributed by atoms with Crippen molar-refractivity contribution in [2.24, 2.45) is 5.92 Å². The third-order valence-corrected chi connectivity index (χ3v) is 3.73. The lowest BCUT2D eigenvalue weighted by Gasteiger charge is -2.21. The maximum Gasteiger partial charge on any atom is 0.156 e. The molecule has 92 valence electrons. The number of carbonyl (C=O) groups excluding carboxylic acids is 1. The number of nitrogens with one attached hydrogen (secondary N) is 1. The SMILES string of the molecule is CC(Nc1ncnc(Cl)c1C=O)C1CCCC1. The summed E-state index contributed by atoms with van der Waals surface area (Å²) in [6.07, 6.45) is 7.14. The molecule has 1 saturated carbocycles. The zero-order chi connectivity index (χ0) is 12.3. The van der Waals surface area contributed by atoms with Gasteiger partial charge in [0.15, 0.2) is 6.29 Å². The van der Waals surface area contributed by atoms with Gasteiger partial charge in [0.2, 0.25) is 0 Å². The number of aldehydes is 1. The van der Waals surface area contributed by atoms with E-state index in [1.54, 1.807) is 0 Å². The smallest absolute Gasteiger partial charge is 0.156 e. The van der Waals surface area contributed by atoms with Crippen molar-refractivity contribution in [1.82, 2.24) is 9.97 Å². The maximum absolute atomic E-state index is 10.9. The third-order valence-electron chi connectivity index (χ3n) is 3.42. The lowest BCUT2D eigenvalue weighted by molar-refractivity contribution is 0.112. The standard InChI is InChI=1S/C12H16ClN3O/c1-8(9-4-2-3-5-9)16-12-10(6-17)11(13)14-7-15-12/h6-9H,2-5H2,1H3,(H,14,15,16). The summed E-state index contributed by atoms with van der Waals surface area (Å²) in [5.74, 6) is 1.20. The van der Waals surface area contributed by atoms with Crippen molar-refractivity contribution >= 4 is 23.7 Å². The predicted molar refractivity (Wildman–Crippen MR) is 67.5 cm³/mol. The van der Waals surface area contributed by atoms with E-state index in [-0.39, 0.29) is 5.15 Å². The van der Waals surface area contributed by atoms with Crippen molar-refractivity contribution in [2.75, 3.05) is 5.32 Å². The van der Waals surface area contributed by atoms with Crippen molar-refractivity contribution in [2.45, 2.75) is 38.6 Å². The molecule has 1 unspecified atom stereocenters. The molecule has 0 aliphatic heterocycles. The number of carbonyl (C=O) groups is 1. The summed E-state index contributed by atoms with van der Waals surface area (Å²) in [6, 6.07) is 0.308. The minimum absolute atomic E-state index is 0.205. The van der Waals surface area contributed by atoms with Gasteiger partial charge in [-0.25, -0.2) is 9.97 Å². The largest absolute Gasteiger partial charge is 0.367 e. The highest BCUT2D eigenvalue weighted by molar-refractivity contribution is 6.32. The first-order valence-corrected chi connectivity index (χ1v) is 6.32. The molecule has 17 heavy (non-hydrogen) atoms. The molecule has 0 spiro atoms. The molecule has 1 fully saturated rings. The molecule has 1 heterocycles. The van der Waals surface area contributed by atoms with Crippen LogP contribution in [0.15, 0.2) is 6.33 Å². The van der Waals surface area contributed by atoms with Gasteiger partial charge < -0.3 is 5.32 Å². The van der Waals surface area contributed by atoms with E-state index in [9.17, 15) is 4.79 Å². The Balaban J connectivity index is 2.12. The van der Waals surface area contributed by atoms with Crippen LogP contribution in [0.5, 0.6) is 0 Å². The summed E-state index contributed by atoms with van der Waals surface area (Å²) in [5, 5.41) is 3.48. The zero-order valence-electron chi connectivity index (χ0n) is 9.82. The van der Waals surface area contributed by atoms with Gasteiger partial charge >= 0.3 is 0 Å². The van der Waals surface area contributed by atoms with Crippen molar-refractivity contribution in [1.29, 1.82) is 0 Å². The van der Waals surface area contributed by atoms with Crippen LogP contribution in [0.1, 0.15) is 43.0 Å². The van der Waals surface area contributed by atoms with Crippen molar-refractivity contribution in [3.63, 3.8) is 0 Å². The molecular formula is C12H16ClN3O. The molecule has 1 N–H and O–H groups in total. The highest BCUT2D eigenvalue weighted by atomic mass is 35.5. The molecule has 0 bridgehead atoms. The zero-order valence-corrected chi connectivity index (χ0v) is 10.6. The Hall–Kier alpha value is -1.16. The second kappa shape index (κ2) is 5.45. The summed E-state index contributed by atoms with van der Waals surface area (Å²) < 4.78 is 0. The number of aromatic nitrogens is 2. The fourth-order valence-corrected chi connectivity index (χ4v) is 2.56. The molecule has 1 aromatic rings. The minimum atomic E-state index is 0.205. The van der Waals surface area contributed by atoms with Crippen LogP contribution in [0, 0.1) is 5.92 Å². The Kier molecular flexibility index (Phi) is 3.94. The number of hydrogen-bond acceptors (Lipinski definition) is 4. The fraction of sp³-hybridized carbons (Fsp3) is 0.583. The first-order valence-electron chi connectivity index (χ1n) is 5.94. The molecule has 1 aromatic heterocycles. The quantitative estimate of drug-likeness (QED) is 0.662. The van der Waals surface area contributed by atoms with Gasteiger partial charge in [-0.1, -0.05) is 24.4 Å². The number of rotatable bonds is 4. The second-order valence-corrected chi connectivity index (χ2v) is 4.88. The molecule has 1 aliphatic carbocycles. The average molecular weight is 254 g/mol. The van der Waals surface area contributed by atoms with Crippen LogP contribution < -0.4 is 5.32 Å². The van der Waals surface area contributed by atoms with Crippen molar-refractivity contribution < 1.29 is 4.79 Å². The van der Waals surface area contributed by atoms with E-state index in [0.717, 1.165) is 0 Å². The van der Waals surface area contributed by atoms with E-state index in [1.165, 1.54) is 32.0 Å². The normalized spacial score (nSPS) is 18.0. The van der Waals surface area contributed by atoms with E-state index in [2.05, 4.69) is 22.2 Å². The van der Waals surface area contributed by atoms with Crippen LogP contribution in [0.3, 0.4) is 0 Å². The number of halogens is 1. The second-order valence-electron chi connectivity index (χ2n) is 4.52. The lowest BCUT2D eigenvalue weighted by Crippen LogP contribution is -2.25. The first-order chi connectivity index (χ1) is 8.22. The number of anilines is 1. The Morgan fingerprint density at radius 2 is 2.18 bits per heavy atom. The number of hydrogen-bond donors (Lipinski definition) is 1. The molecule has 4 nitrogen and oxygen atoms in total. The van der Waals surface area contributed by atoms with Gasteiger partial charge in [-0.3, -0.25) is 4.79 Å². The molecule has 0 saturated heterocycles. The highest BCUT2D eigenvalue weighted by Crippen LogP contribution is 2.29. The molecule has 1 atom stereocenters. The van der Waals surface area contributed by atoms with E-state index >= 15 is 0 Å². The minimum Gasteiger partial charge on any atom is -0.367 e. The van der Waals surface area contributed by atoms with Crippen LogP contribution in [0.4, 0.5) is 5.82 Å². The summed E-state index contributed by atoms with van der Waals surface area (Å²) in [5.41, 5.74) is 0.346. The highest BCUT2D eigenvalue weighted by Gasteiger charge is 2.22. The van der Waals surface area contributed by atoms with Gasteiger partial charge in [0.1, 0.15) is 17.3 Å². The Labute approximate surface area is 106 Å². The fourth-order valence-electron chi connectivity index (χ4n) is 2.38. The van der Waals surface area contributed by atoms with Gasteiger partial charge in [0, 0.05) is 6.04 Å². The van der Waals surface area contributed by atoms with Gasteiger partial charge in [-0.15, -0.1) is 0 Å². The van der Waals surface area contributed by atoms with Gasteiger partial charge in [-0.05, 0) is 25.7 Å². The molecule has 0 radical (unpaired) electrons. The third kappa shape index (κ3) is 2.75. The molecule has 0 aromatic carbocycles. The summed E-state index contributed by atoms with van der Waals surface area (Å²) >= 11 is 5.85. The van der Waals surface area contributed by atoms with Crippen LogP contribution in [-0.4, -0.2) is 22.3 Å². The Morgan fingerprint density at radius 3 is 2.82 bits per heavy atom. The molecule has 1 aliphatic rings. The topological polar surface area (TPSA) is 54.9 Å². The van der Waals surface area contributed by atoms with E-state index < -0.39 is 0 Å². The van der Waals surface area contributed by atoms with Crippen molar-refractivity contribution in [3.05, 3.63) is 17.0 Å². The van der Waals surface area contributed by atoms with E-state index in [0.29, 0.717) is 29.6 Å². The maximum atomic E-state index is 10.9. The van der Waals surface area contributed by atoms with Gasteiger partial charge in [-0.2, -0.15) is 0 Å². The van der Waals surface area contributed by atoms with E-state index in [1.807, 2.05) is 0 Å². The van der Waals surface area contributed by atoms with Crippen LogP contribution in [-0.2, 0) is 0 Å². The lowest BCUT2D eigenvalue weighted by atomic mass is 10.00. The summed E-state index contributed by atoms with van der Waals surface area (Å²) in [7, 11) is 0. The number of nitrogens with zero attached hydrogens (tertiary/aromatic N) is 2. The van der Waals surface area contributed by atoms with Gasteiger partial charge in [0.05, 0.1) is 5.56 Å². The van der Waals surface area contributed by atoms with Crippen molar-refractivity contribution in [3.8, 4) is 0 Å². The molecule has 5 heteroatoms. The molecule has 0 amide bonds. The van der Waals surface area contributed by atoms with Crippen LogP contribution >= 0.6 is 11.6 Å². The van der Waals surface area contributed by atoms with E-state index in [4.69, 9.17) is 11.6 Å². The first kappa shape index (κ1) is 12.3. The average Bonchev–Trinajstić information content (AvgIpc) is 2.82. The Bertz CT molecular complexity index is 405. The van der Waals surface area contributed by atoms with Gasteiger partial charge in [0.25, 0.3) is 0 Å². The summed E-state index contributed by atoms with van der Waals surface area (Å²) in [4.78, 5) is 18.8. The molecule has 2 rings (SSSR count). The van der Waals surface area contributed by atoms with Crippen LogP contribution in [0.2, 0.25) is 5.15 Å². The summed E-state index contributed by atoms with van der Waals surface area (Å²) in [6.45, 7) is 2.13.